The summed E-state index contributed by atoms with van der Waals surface area (Å²) < 4.78 is 32.1. The standard InChI is InChI=1S/C16H18N4O6S/c1-26-16-15(17-9-10-18-16)20-27(24,25)12-7-5-11(6-8-12)19-13(21)3-2-4-14(22)23/h5-10H,2-4H2,1H3,(H,17,20)(H,19,21)(H,22,23). The first-order valence-electron chi connectivity index (χ1n) is 7.81. The molecule has 10 nitrogen and oxygen atoms in total. The lowest BCUT2D eigenvalue weighted by Crippen LogP contribution is -2.15. The maximum Gasteiger partial charge on any atom is 0.303 e. The normalized spacial score (nSPS) is 10.9. The second kappa shape index (κ2) is 8.94. The molecule has 1 aromatic carbocycles. The van der Waals surface area contributed by atoms with Crippen molar-refractivity contribution >= 4 is 33.4 Å². The van der Waals surface area contributed by atoms with Crippen molar-refractivity contribution in [3.05, 3.63) is 36.7 Å². The molecule has 0 aliphatic carbocycles. The van der Waals surface area contributed by atoms with Crippen LogP contribution < -0.4 is 14.8 Å². The van der Waals surface area contributed by atoms with Crippen LogP contribution in [0.15, 0.2) is 41.6 Å². The fraction of sp³-hybridized carbons (Fsp3) is 0.250. The monoisotopic (exact) mass is 394 g/mol. The highest BCUT2D eigenvalue weighted by atomic mass is 32.2. The predicted octanol–water partition coefficient (Wildman–Crippen LogP) is 1.48. The Labute approximate surface area is 155 Å². The Morgan fingerprint density at radius 2 is 1.78 bits per heavy atom. The van der Waals surface area contributed by atoms with Crippen LogP contribution >= 0.6 is 0 Å². The van der Waals surface area contributed by atoms with Gasteiger partial charge < -0.3 is 15.2 Å². The summed E-state index contributed by atoms with van der Waals surface area (Å²) in [6.07, 6.45) is 2.87. The van der Waals surface area contributed by atoms with Crippen LogP contribution in [0.4, 0.5) is 11.5 Å². The first-order valence-corrected chi connectivity index (χ1v) is 9.29. The Kier molecular flexibility index (Phi) is 6.66. The molecule has 0 aliphatic rings. The molecule has 27 heavy (non-hydrogen) atoms. The number of aromatic nitrogens is 2. The summed E-state index contributed by atoms with van der Waals surface area (Å²) in [4.78, 5) is 29.9. The summed E-state index contributed by atoms with van der Waals surface area (Å²) in [6, 6.07) is 5.49. The zero-order chi connectivity index (χ0) is 19.9. The van der Waals surface area contributed by atoms with Gasteiger partial charge in [0.2, 0.25) is 11.7 Å². The first kappa shape index (κ1) is 20.1. The number of nitrogens with zero attached hydrogens (tertiary/aromatic N) is 2. The lowest BCUT2D eigenvalue weighted by Gasteiger charge is -2.10. The van der Waals surface area contributed by atoms with Gasteiger partial charge in [0.1, 0.15) is 0 Å². The van der Waals surface area contributed by atoms with Crippen molar-refractivity contribution in [3.63, 3.8) is 0 Å². The molecule has 1 amide bonds. The predicted molar refractivity (Wildman–Crippen MR) is 96.0 cm³/mol. The van der Waals surface area contributed by atoms with Crippen molar-refractivity contribution in [2.45, 2.75) is 24.2 Å². The van der Waals surface area contributed by atoms with E-state index in [4.69, 9.17) is 9.84 Å². The van der Waals surface area contributed by atoms with Crippen LogP contribution in [0.2, 0.25) is 0 Å². The number of hydrogen-bond acceptors (Lipinski definition) is 7. The third kappa shape index (κ3) is 5.92. The Bertz CT molecular complexity index is 915. The third-order valence-corrected chi connectivity index (χ3v) is 4.69. The minimum atomic E-state index is -3.93. The summed E-state index contributed by atoms with van der Waals surface area (Å²) in [6.45, 7) is 0. The number of ether oxygens (including phenoxy) is 1. The highest BCUT2D eigenvalue weighted by molar-refractivity contribution is 7.92. The van der Waals surface area contributed by atoms with E-state index >= 15 is 0 Å². The number of benzene rings is 1. The topological polar surface area (TPSA) is 148 Å². The number of carbonyl (C=O) groups is 2. The molecule has 3 N–H and O–H groups in total. The van der Waals surface area contributed by atoms with E-state index in [1.54, 1.807) is 0 Å². The van der Waals surface area contributed by atoms with Gasteiger partial charge in [-0.05, 0) is 30.7 Å². The van der Waals surface area contributed by atoms with E-state index < -0.39 is 16.0 Å². The summed E-state index contributed by atoms with van der Waals surface area (Å²) in [5, 5.41) is 11.1. The third-order valence-electron chi connectivity index (χ3n) is 3.33. The molecule has 1 aromatic heterocycles. The van der Waals surface area contributed by atoms with Crippen molar-refractivity contribution < 1.29 is 27.9 Å². The van der Waals surface area contributed by atoms with E-state index in [-0.39, 0.29) is 41.8 Å². The van der Waals surface area contributed by atoms with Crippen LogP contribution in [0, 0.1) is 0 Å². The van der Waals surface area contributed by atoms with Crippen molar-refractivity contribution in [1.82, 2.24) is 9.97 Å². The van der Waals surface area contributed by atoms with E-state index in [1.165, 1.54) is 43.8 Å². The maximum atomic E-state index is 12.4. The Morgan fingerprint density at radius 1 is 1.11 bits per heavy atom. The minimum Gasteiger partial charge on any atom is -0.481 e. The molecule has 144 valence electrons. The molecule has 0 saturated heterocycles. The average molecular weight is 394 g/mol. The molecule has 0 saturated carbocycles. The van der Waals surface area contributed by atoms with E-state index in [0.29, 0.717) is 5.69 Å². The first-order chi connectivity index (χ1) is 12.8. The molecule has 1 heterocycles. The van der Waals surface area contributed by atoms with Gasteiger partial charge >= 0.3 is 5.97 Å². The number of methoxy groups -OCH3 is 1. The number of hydrogen-bond donors (Lipinski definition) is 3. The second-order valence-electron chi connectivity index (χ2n) is 5.34. The molecular weight excluding hydrogens is 376 g/mol. The van der Waals surface area contributed by atoms with Gasteiger partial charge in [-0.3, -0.25) is 14.3 Å². The molecule has 0 spiro atoms. The summed E-state index contributed by atoms with van der Waals surface area (Å²) in [7, 11) is -2.58. The number of carbonyl (C=O) groups excluding carboxylic acids is 1. The second-order valence-corrected chi connectivity index (χ2v) is 7.02. The van der Waals surface area contributed by atoms with Crippen molar-refractivity contribution in [2.75, 3.05) is 17.1 Å². The van der Waals surface area contributed by atoms with Crippen molar-refractivity contribution in [1.29, 1.82) is 0 Å². The SMILES string of the molecule is COc1nccnc1NS(=O)(=O)c1ccc(NC(=O)CCCC(=O)O)cc1. The molecule has 0 atom stereocenters. The highest BCUT2D eigenvalue weighted by Gasteiger charge is 2.18. The average Bonchev–Trinajstić information content (AvgIpc) is 2.62. The zero-order valence-electron chi connectivity index (χ0n) is 14.4. The van der Waals surface area contributed by atoms with Gasteiger partial charge in [0, 0.05) is 30.9 Å². The number of aliphatic carboxylic acids is 1. The highest BCUT2D eigenvalue weighted by Crippen LogP contribution is 2.22. The molecule has 2 rings (SSSR count). The van der Waals surface area contributed by atoms with E-state index in [0.717, 1.165) is 0 Å². The van der Waals surface area contributed by atoms with Crippen LogP contribution in [-0.4, -0.2) is 42.5 Å². The van der Waals surface area contributed by atoms with Gasteiger partial charge in [-0.1, -0.05) is 0 Å². The van der Waals surface area contributed by atoms with Crippen LogP contribution in [0.3, 0.4) is 0 Å². The maximum absolute atomic E-state index is 12.4. The van der Waals surface area contributed by atoms with E-state index in [1.807, 2.05) is 0 Å². The van der Waals surface area contributed by atoms with Gasteiger partial charge in [0.05, 0.1) is 12.0 Å². The number of nitrogens with one attached hydrogen (secondary N) is 2. The van der Waals surface area contributed by atoms with Crippen LogP contribution in [0.5, 0.6) is 5.88 Å². The lowest BCUT2D eigenvalue weighted by atomic mass is 10.2. The number of rotatable bonds is 9. The number of carboxylic acid groups (broad SMARTS) is 1. The lowest BCUT2D eigenvalue weighted by molar-refractivity contribution is -0.137. The van der Waals surface area contributed by atoms with E-state index in [2.05, 4.69) is 20.0 Å². The molecule has 0 radical (unpaired) electrons. The fourth-order valence-electron chi connectivity index (χ4n) is 2.07. The number of sulfonamides is 1. The van der Waals surface area contributed by atoms with Gasteiger partial charge in [0.15, 0.2) is 0 Å². The van der Waals surface area contributed by atoms with Gasteiger partial charge in [-0.2, -0.15) is 0 Å². The quantitative estimate of drug-likeness (QED) is 0.579. The molecule has 11 heteroatoms. The minimum absolute atomic E-state index is 0.0336. The van der Waals surface area contributed by atoms with Crippen LogP contribution in [0.25, 0.3) is 0 Å². The number of amides is 1. The largest absolute Gasteiger partial charge is 0.481 e. The van der Waals surface area contributed by atoms with Crippen LogP contribution in [0.1, 0.15) is 19.3 Å². The fourth-order valence-corrected chi connectivity index (χ4v) is 3.08. The van der Waals surface area contributed by atoms with Gasteiger partial charge in [-0.15, -0.1) is 0 Å². The summed E-state index contributed by atoms with van der Waals surface area (Å²) >= 11 is 0. The Hall–Kier alpha value is -3.21. The molecule has 2 aromatic rings. The van der Waals surface area contributed by atoms with Crippen LogP contribution in [-0.2, 0) is 19.6 Å². The summed E-state index contributed by atoms with van der Waals surface area (Å²) in [5.41, 5.74) is 0.395. The van der Waals surface area contributed by atoms with Crippen molar-refractivity contribution in [2.24, 2.45) is 0 Å². The Balaban J connectivity index is 2.03. The summed E-state index contributed by atoms with van der Waals surface area (Å²) in [5.74, 6) is -1.33. The van der Waals surface area contributed by atoms with Gasteiger partial charge in [0.25, 0.3) is 15.9 Å². The molecule has 0 fully saturated rings. The molecule has 0 bridgehead atoms. The molecule has 0 aliphatic heterocycles. The number of carboxylic acids is 1. The van der Waals surface area contributed by atoms with Gasteiger partial charge in [-0.25, -0.2) is 18.4 Å². The molecular formula is C16H18N4O6S. The molecule has 0 unspecified atom stereocenters. The smallest absolute Gasteiger partial charge is 0.303 e. The van der Waals surface area contributed by atoms with Crippen molar-refractivity contribution in [3.8, 4) is 5.88 Å². The number of anilines is 2. The van der Waals surface area contributed by atoms with E-state index in [9.17, 15) is 18.0 Å². The Morgan fingerprint density at radius 3 is 2.41 bits per heavy atom. The zero-order valence-corrected chi connectivity index (χ0v) is 15.2.